The Hall–Kier alpha value is -3.54. The van der Waals surface area contributed by atoms with Crippen molar-refractivity contribution in [3.8, 4) is 16.9 Å². The van der Waals surface area contributed by atoms with Gasteiger partial charge in [-0.2, -0.15) is 13.2 Å². The first-order valence-electron chi connectivity index (χ1n) is 9.43. The summed E-state index contributed by atoms with van der Waals surface area (Å²) in [6.07, 6.45) is -2.22. The highest BCUT2D eigenvalue weighted by Crippen LogP contribution is 2.39. The molecule has 0 radical (unpaired) electrons. The number of halogens is 5. The van der Waals surface area contributed by atoms with Gasteiger partial charge >= 0.3 is 6.18 Å². The van der Waals surface area contributed by atoms with Crippen LogP contribution in [0, 0.1) is 11.6 Å². The number of rotatable bonds is 5. The summed E-state index contributed by atoms with van der Waals surface area (Å²) in [7, 11) is -2.05. The summed E-state index contributed by atoms with van der Waals surface area (Å²) in [5, 5.41) is 0. The zero-order chi connectivity index (χ0) is 25.4. The number of carbonyl (C=O) groups excluding carboxylic acids is 1. The van der Waals surface area contributed by atoms with E-state index in [2.05, 4.69) is 4.98 Å². The highest BCUT2D eigenvalue weighted by atomic mass is 32.2. The van der Waals surface area contributed by atoms with Gasteiger partial charge in [0.1, 0.15) is 5.82 Å². The van der Waals surface area contributed by atoms with Crippen molar-refractivity contribution in [2.75, 3.05) is 25.3 Å². The van der Waals surface area contributed by atoms with Crippen molar-refractivity contribution in [1.29, 1.82) is 0 Å². The summed E-state index contributed by atoms with van der Waals surface area (Å²) in [6, 6.07) is 5.50. The van der Waals surface area contributed by atoms with E-state index in [-0.39, 0.29) is 22.6 Å². The van der Waals surface area contributed by atoms with Crippen molar-refractivity contribution in [3.05, 3.63) is 71.6 Å². The van der Waals surface area contributed by atoms with Gasteiger partial charge in [0.2, 0.25) is 0 Å². The average molecular weight is 500 g/mol. The van der Waals surface area contributed by atoms with E-state index in [9.17, 15) is 35.2 Å². The highest BCUT2D eigenvalue weighted by molar-refractivity contribution is 7.90. The number of nitrogens with zero attached hydrogens (tertiary/aromatic N) is 2. The van der Waals surface area contributed by atoms with Gasteiger partial charge in [0.25, 0.3) is 5.91 Å². The van der Waals surface area contributed by atoms with Gasteiger partial charge in [0.05, 0.1) is 35.0 Å². The van der Waals surface area contributed by atoms with E-state index in [1.165, 1.54) is 12.3 Å². The molecular weight excluding hydrogens is 483 g/mol. The number of amides is 1. The van der Waals surface area contributed by atoms with Gasteiger partial charge in [-0.1, -0.05) is 6.07 Å². The number of hydrogen-bond donors (Lipinski definition) is 0. The molecule has 12 heteroatoms. The van der Waals surface area contributed by atoms with Gasteiger partial charge in [-0.3, -0.25) is 9.78 Å². The molecule has 1 heterocycles. The minimum Gasteiger partial charge on any atom is -0.494 e. The number of hydrogen-bond acceptors (Lipinski definition) is 5. The fourth-order valence-electron chi connectivity index (χ4n) is 3.37. The maximum Gasteiger partial charge on any atom is 0.418 e. The zero-order valence-electron chi connectivity index (χ0n) is 17.9. The largest absolute Gasteiger partial charge is 0.494 e. The lowest BCUT2D eigenvalue weighted by Gasteiger charge is -2.23. The van der Waals surface area contributed by atoms with Crippen LogP contribution in [0.25, 0.3) is 11.1 Å². The summed E-state index contributed by atoms with van der Waals surface area (Å²) in [5.41, 5.74) is -2.84. The summed E-state index contributed by atoms with van der Waals surface area (Å²) < 4.78 is 98.7. The van der Waals surface area contributed by atoms with Crippen LogP contribution in [-0.2, 0) is 16.0 Å². The Morgan fingerprint density at radius 3 is 2.32 bits per heavy atom. The maximum atomic E-state index is 14.6. The van der Waals surface area contributed by atoms with Gasteiger partial charge in [-0.15, -0.1) is 0 Å². The zero-order valence-corrected chi connectivity index (χ0v) is 18.8. The van der Waals surface area contributed by atoms with E-state index in [4.69, 9.17) is 4.74 Å². The van der Waals surface area contributed by atoms with Crippen molar-refractivity contribution >= 4 is 21.4 Å². The van der Waals surface area contributed by atoms with Crippen LogP contribution >= 0.6 is 0 Å². The number of ether oxygens (including phenoxy) is 1. The van der Waals surface area contributed by atoms with Gasteiger partial charge in [0, 0.05) is 36.7 Å². The third-order valence-electron chi connectivity index (χ3n) is 4.94. The molecule has 1 aromatic heterocycles. The van der Waals surface area contributed by atoms with Gasteiger partial charge in [-0.05, 0) is 24.3 Å². The van der Waals surface area contributed by atoms with Crippen LogP contribution < -0.4 is 9.64 Å². The Kier molecular flexibility index (Phi) is 6.65. The summed E-state index contributed by atoms with van der Waals surface area (Å²) in [4.78, 5) is 16.7. The molecule has 0 spiro atoms. The number of alkyl halides is 3. The van der Waals surface area contributed by atoms with Gasteiger partial charge in [0.15, 0.2) is 21.4 Å². The third-order valence-corrected chi connectivity index (χ3v) is 6.08. The van der Waals surface area contributed by atoms with Crippen LogP contribution in [0.4, 0.5) is 27.6 Å². The van der Waals surface area contributed by atoms with E-state index in [1.807, 2.05) is 0 Å². The number of benzene rings is 2. The average Bonchev–Trinajstić information content (AvgIpc) is 2.76. The number of sulfone groups is 1. The molecule has 0 aliphatic rings. The second-order valence-corrected chi connectivity index (χ2v) is 9.16. The van der Waals surface area contributed by atoms with E-state index < -0.39 is 49.6 Å². The predicted molar refractivity (Wildman–Crippen MR) is 113 cm³/mol. The molecule has 34 heavy (non-hydrogen) atoms. The Morgan fingerprint density at radius 2 is 1.74 bits per heavy atom. The van der Waals surface area contributed by atoms with Crippen LogP contribution in [0.5, 0.6) is 5.75 Å². The quantitative estimate of drug-likeness (QED) is 0.474. The smallest absolute Gasteiger partial charge is 0.418 e. The minimum atomic E-state index is -5.17. The molecule has 0 fully saturated rings. The van der Waals surface area contributed by atoms with Crippen molar-refractivity contribution < 1.29 is 39.9 Å². The molecule has 0 N–H and O–H groups in total. The predicted octanol–water partition coefficient (Wildman–Crippen LogP) is 4.73. The Morgan fingerprint density at radius 1 is 1.06 bits per heavy atom. The van der Waals surface area contributed by atoms with Gasteiger partial charge < -0.3 is 9.64 Å². The van der Waals surface area contributed by atoms with Crippen LogP contribution in [0.2, 0.25) is 0 Å². The van der Waals surface area contributed by atoms with Crippen molar-refractivity contribution in [1.82, 2.24) is 4.98 Å². The molecule has 2 aromatic carbocycles. The second-order valence-electron chi connectivity index (χ2n) is 7.17. The lowest BCUT2D eigenvalue weighted by atomic mass is 10.0. The van der Waals surface area contributed by atoms with E-state index in [0.717, 1.165) is 49.5 Å². The molecule has 6 nitrogen and oxygen atoms in total. The molecule has 0 bridgehead atoms. The first kappa shape index (κ1) is 25.1. The Bertz CT molecular complexity index is 1370. The molecule has 1 amide bonds. The SMILES string of the molecule is COc1cc(-c2ccncc2N(C)C(=O)c2cccc(S(C)(=O)=O)c2C(F)(F)F)c(F)cc1F. The summed E-state index contributed by atoms with van der Waals surface area (Å²) in [6.45, 7) is 0. The monoisotopic (exact) mass is 500 g/mol. The van der Waals surface area contributed by atoms with Crippen LogP contribution in [0.1, 0.15) is 15.9 Å². The maximum absolute atomic E-state index is 14.6. The molecule has 0 unspecified atom stereocenters. The molecule has 0 aliphatic heterocycles. The number of carbonyl (C=O) groups is 1. The van der Waals surface area contributed by atoms with Crippen molar-refractivity contribution in [2.45, 2.75) is 11.1 Å². The molecule has 0 aliphatic carbocycles. The van der Waals surface area contributed by atoms with Crippen molar-refractivity contribution in [2.24, 2.45) is 0 Å². The first-order chi connectivity index (χ1) is 15.8. The Labute approximate surface area is 191 Å². The number of anilines is 1. The van der Waals surface area contributed by atoms with Gasteiger partial charge in [-0.25, -0.2) is 17.2 Å². The van der Waals surface area contributed by atoms with Crippen LogP contribution in [0.15, 0.2) is 53.7 Å². The van der Waals surface area contributed by atoms with Crippen LogP contribution in [0.3, 0.4) is 0 Å². The fourth-order valence-corrected chi connectivity index (χ4v) is 4.30. The minimum absolute atomic E-state index is 0.00877. The standard InChI is InChI=1S/C22H17F5N2O4S/c1-29(21(30)13-5-4-6-19(34(3,31)32)20(13)22(25,26)27)17-11-28-8-7-12(17)14-9-18(33-2)16(24)10-15(14)23/h4-11H,1-3H3. The molecular formula is C22H17F5N2O4S. The number of methoxy groups -OCH3 is 1. The summed E-state index contributed by atoms with van der Waals surface area (Å²) in [5.74, 6) is -3.51. The molecule has 180 valence electrons. The number of pyridine rings is 1. The van der Waals surface area contributed by atoms with E-state index in [0.29, 0.717) is 12.3 Å². The normalized spacial score (nSPS) is 11.9. The third kappa shape index (κ3) is 4.72. The lowest BCUT2D eigenvalue weighted by Crippen LogP contribution is -2.30. The van der Waals surface area contributed by atoms with Crippen molar-refractivity contribution in [3.63, 3.8) is 0 Å². The first-order valence-corrected chi connectivity index (χ1v) is 11.3. The summed E-state index contributed by atoms with van der Waals surface area (Å²) >= 11 is 0. The van der Waals surface area contributed by atoms with E-state index >= 15 is 0 Å². The second kappa shape index (κ2) is 9.01. The molecule has 3 aromatic rings. The molecule has 3 rings (SSSR count). The fraction of sp³-hybridized carbons (Fsp3) is 0.182. The highest BCUT2D eigenvalue weighted by Gasteiger charge is 2.41. The molecule has 0 saturated carbocycles. The van der Waals surface area contributed by atoms with E-state index in [1.54, 1.807) is 0 Å². The topological polar surface area (TPSA) is 76.6 Å². The molecule has 0 saturated heterocycles. The number of aromatic nitrogens is 1. The lowest BCUT2D eigenvalue weighted by molar-refractivity contribution is -0.140. The van der Waals surface area contributed by atoms with Crippen LogP contribution in [-0.4, -0.2) is 39.7 Å². The molecule has 0 atom stereocenters. The Balaban J connectivity index is 2.20.